The van der Waals surface area contributed by atoms with Crippen LogP contribution < -0.4 is 5.73 Å². The van der Waals surface area contributed by atoms with E-state index in [2.05, 4.69) is 9.97 Å². The van der Waals surface area contributed by atoms with Gasteiger partial charge in [0.15, 0.2) is 0 Å². The van der Waals surface area contributed by atoms with Gasteiger partial charge in [0.1, 0.15) is 5.82 Å². The van der Waals surface area contributed by atoms with E-state index in [0.717, 1.165) is 16.5 Å². The minimum Gasteiger partial charge on any atom is -0.236 e. The first kappa shape index (κ1) is 12.8. The lowest BCUT2D eigenvalue weighted by atomic mass is 10.0. The first-order chi connectivity index (χ1) is 9.74. The van der Waals surface area contributed by atoms with Crippen LogP contribution in [0.3, 0.4) is 0 Å². The summed E-state index contributed by atoms with van der Waals surface area (Å²) in [4.78, 5) is 8.84. The third-order valence-corrected chi connectivity index (χ3v) is 3.33. The van der Waals surface area contributed by atoms with E-state index >= 15 is 0 Å². The number of para-hydroxylation sites is 1. The SMILES string of the molecule is Cc1nc(C([N])Cc2ccccc2)c2ccccc2n1. The fourth-order valence-electron chi connectivity index (χ4n) is 2.41. The molecule has 1 aromatic heterocycles. The largest absolute Gasteiger partial charge is 0.236 e. The fraction of sp³-hybridized carbons (Fsp3) is 0.176. The molecule has 0 spiro atoms. The van der Waals surface area contributed by atoms with Gasteiger partial charge >= 0.3 is 0 Å². The van der Waals surface area contributed by atoms with Crippen LogP contribution in [0.2, 0.25) is 0 Å². The van der Waals surface area contributed by atoms with E-state index in [4.69, 9.17) is 0 Å². The maximum Gasteiger partial charge on any atom is 0.126 e. The summed E-state index contributed by atoms with van der Waals surface area (Å²) >= 11 is 0. The molecule has 3 nitrogen and oxygen atoms in total. The van der Waals surface area contributed by atoms with E-state index in [-0.39, 0.29) is 0 Å². The zero-order chi connectivity index (χ0) is 13.9. The molecule has 3 aromatic rings. The summed E-state index contributed by atoms with van der Waals surface area (Å²) in [5, 5.41) is 0.918. The predicted octanol–water partition coefficient (Wildman–Crippen LogP) is 3.29. The highest BCUT2D eigenvalue weighted by atomic mass is 14.9. The summed E-state index contributed by atoms with van der Waals surface area (Å²) in [7, 11) is 0. The van der Waals surface area contributed by atoms with Crippen LogP contribution in [0.4, 0.5) is 0 Å². The number of rotatable bonds is 3. The maximum atomic E-state index is 10.5. The highest BCUT2D eigenvalue weighted by Gasteiger charge is 2.15. The molecule has 0 N–H and O–H groups in total. The summed E-state index contributed by atoms with van der Waals surface area (Å²) in [5.74, 6) is 0.686. The fourth-order valence-corrected chi connectivity index (χ4v) is 2.41. The van der Waals surface area contributed by atoms with E-state index in [1.54, 1.807) is 0 Å². The normalized spacial score (nSPS) is 12.5. The number of aromatic nitrogens is 2. The van der Waals surface area contributed by atoms with Gasteiger partial charge in [-0.3, -0.25) is 0 Å². The van der Waals surface area contributed by atoms with Crippen LogP contribution in [0.5, 0.6) is 0 Å². The van der Waals surface area contributed by atoms with E-state index in [9.17, 15) is 5.73 Å². The van der Waals surface area contributed by atoms with Gasteiger partial charge in [-0.25, -0.2) is 9.97 Å². The van der Waals surface area contributed by atoms with Crippen molar-refractivity contribution in [3.63, 3.8) is 0 Å². The van der Waals surface area contributed by atoms with Gasteiger partial charge in [-0.15, -0.1) is 5.73 Å². The average Bonchev–Trinajstić information content (AvgIpc) is 2.47. The first-order valence-corrected chi connectivity index (χ1v) is 6.69. The van der Waals surface area contributed by atoms with Crippen molar-refractivity contribution < 1.29 is 0 Å². The zero-order valence-corrected chi connectivity index (χ0v) is 11.3. The zero-order valence-electron chi connectivity index (χ0n) is 11.3. The van der Waals surface area contributed by atoms with Gasteiger partial charge in [0.05, 0.1) is 17.3 Å². The molecule has 1 atom stereocenters. The Morgan fingerprint density at radius 1 is 0.950 bits per heavy atom. The summed E-state index contributed by atoms with van der Waals surface area (Å²) in [5.41, 5.74) is 13.2. The molecule has 0 aliphatic rings. The molecule has 0 saturated carbocycles. The van der Waals surface area contributed by atoms with Crippen molar-refractivity contribution in [1.82, 2.24) is 15.7 Å². The van der Waals surface area contributed by atoms with Crippen molar-refractivity contribution in [1.29, 1.82) is 0 Å². The van der Waals surface area contributed by atoms with Crippen LogP contribution in [-0.2, 0) is 6.42 Å². The molecule has 1 unspecified atom stereocenters. The van der Waals surface area contributed by atoms with Crippen molar-refractivity contribution in [3.8, 4) is 0 Å². The Morgan fingerprint density at radius 3 is 2.45 bits per heavy atom. The van der Waals surface area contributed by atoms with Gasteiger partial charge in [-0.1, -0.05) is 48.5 Å². The highest BCUT2D eigenvalue weighted by Crippen LogP contribution is 2.23. The van der Waals surface area contributed by atoms with E-state index in [1.807, 2.05) is 61.5 Å². The molecule has 2 aromatic carbocycles. The number of hydrogen-bond donors (Lipinski definition) is 0. The Labute approximate surface area is 118 Å². The summed E-state index contributed by atoms with van der Waals surface area (Å²) < 4.78 is 0. The molecule has 0 aliphatic carbocycles. The average molecular weight is 261 g/mol. The molecule has 20 heavy (non-hydrogen) atoms. The molecular formula is C17H15N3. The van der Waals surface area contributed by atoms with Crippen LogP contribution >= 0.6 is 0 Å². The van der Waals surface area contributed by atoms with E-state index < -0.39 is 6.04 Å². The third kappa shape index (κ3) is 2.53. The second-order valence-electron chi connectivity index (χ2n) is 4.88. The van der Waals surface area contributed by atoms with Gasteiger partial charge < -0.3 is 0 Å². The Morgan fingerprint density at radius 2 is 1.65 bits per heavy atom. The Balaban J connectivity index is 2.01. The lowest BCUT2D eigenvalue weighted by molar-refractivity contribution is 0.675. The highest BCUT2D eigenvalue weighted by molar-refractivity contribution is 5.81. The van der Waals surface area contributed by atoms with Crippen LogP contribution in [0, 0.1) is 6.92 Å². The maximum absolute atomic E-state index is 10.5. The van der Waals surface area contributed by atoms with Gasteiger partial charge in [0.25, 0.3) is 0 Å². The quantitative estimate of drug-likeness (QED) is 0.726. The van der Waals surface area contributed by atoms with E-state index in [0.29, 0.717) is 17.9 Å². The number of nitrogens with zero attached hydrogens (tertiary/aromatic N) is 3. The number of benzene rings is 2. The van der Waals surface area contributed by atoms with Gasteiger partial charge in [0.2, 0.25) is 0 Å². The van der Waals surface area contributed by atoms with E-state index in [1.165, 1.54) is 0 Å². The standard InChI is InChI=1S/C17H15N3/c1-12-19-16-10-6-5-9-14(16)17(20-12)15(18)11-13-7-3-2-4-8-13/h2-10,15H,11H2,1H3. The van der Waals surface area contributed by atoms with Crippen LogP contribution in [0.25, 0.3) is 10.9 Å². The molecule has 0 amide bonds. The lowest BCUT2D eigenvalue weighted by Crippen LogP contribution is -2.08. The minimum atomic E-state index is -0.621. The van der Waals surface area contributed by atoms with Crippen LogP contribution in [0.15, 0.2) is 54.6 Å². The second-order valence-corrected chi connectivity index (χ2v) is 4.88. The summed E-state index contributed by atoms with van der Waals surface area (Å²) in [6.07, 6.45) is 0.557. The Kier molecular flexibility index (Phi) is 3.44. The minimum absolute atomic E-state index is 0.557. The smallest absolute Gasteiger partial charge is 0.126 e. The monoisotopic (exact) mass is 261 g/mol. The molecule has 0 aliphatic heterocycles. The van der Waals surface area contributed by atoms with Crippen molar-refractivity contribution in [2.24, 2.45) is 0 Å². The molecular weight excluding hydrogens is 246 g/mol. The molecule has 2 radical (unpaired) electrons. The number of aryl methyl sites for hydroxylation is 1. The third-order valence-electron chi connectivity index (χ3n) is 3.33. The summed E-state index contributed by atoms with van der Waals surface area (Å²) in [6.45, 7) is 1.85. The van der Waals surface area contributed by atoms with Gasteiger partial charge in [-0.05, 0) is 25.0 Å². The predicted molar refractivity (Wildman–Crippen MR) is 79.3 cm³/mol. The van der Waals surface area contributed by atoms with Crippen molar-refractivity contribution >= 4 is 10.9 Å². The van der Waals surface area contributed by atoms with Gasteiger partial charge in [0, 0.05) is 5.39 Å². The Bertz CT molecular complexity index is 723. The first-order valence-electron chi connectivity index (χ1n) is 6.69. The molecule has 0 saturated heterocycles. The number of hydrogen-bond acceptors (Lipinski definition) is 2. The molecule has 1 heterocycles. The summed E-state index contributed by atoms with van der Waals surface area (Å²) in [6, 6.07) is 17.1. The lowest BCUT2D eigenvalue weighted by Gasteiger charge is -2.12. The molecule has 0 fully saturated rings. The van der Waals surface area contributed by atoms with Crippen LogP contribution in [0.1, 0.15) is 23.1 Å². The molecule has 3 heteroatoms. The van der Waals surface area contributed by atoms with Crippen molar-refractivity contribution in [3.05, 3.63) is 71.7 Å². The second kappa shape index (κ2) is 5.39. The number of fused-ring (bicyclic) bond motifs is 1. The molecule has 98 valence electrons. The Hall–Kier alpha value is -2.26. The molecule has 3 rings (SSSR count). The van der Waals surface area contributed by atoms with Gasteiger partial charge in [-0.2, -0.15) is 0 Å². The topological polar surface area (TPSA) is 48.1 Å². The molecule has 0 bridgehead atoms. The van der Waals surface area contributed by atoms with Crippen molar-refractivity contribution in [2.45, 2.75) is 19.4 Å². The van der Waals surface area contributed by atoms with Crippen LogP contribution in [-0.4, -0.2) is 9.97 Å². The van der Waals surface area contributed by atoms with Crippen molar-refractivity contribution in [2.75, 3.05) is 0 Å².